The topological polar surface area (TPSA) is 9.23 Å². The normalized spacial score (nSPS) is 49.0. The zero-order valence-electron chi connectivity index (χ0n) is 17.6. The van der Waals surface area contributed by atoms with E-state index in [-0.39, 0.29) is 0 Å². The second kappa shape index (κ2) is 7.18. The van der Waals surface area contributed by atoms with Crippen molar-refractivity contribution in [2.45, 2.75) is 98.0 Å². The molecule has 3 fully saturated rings. The summed E-state index contributed by atoms with van der Waals surface area (Å²) in [4.78, 5) is 0. The van der Waals surface area contributed by atoms with Crippen LogP contribution in [0.4, 0.5) is 0 Å². The van der Waals surface area contributed by atoms with Crippen molar-refractivity contribution < 1.29 is 4.52 Å². The van der Waals surface area contributed by atoms with Gasteiger partial charge in [-0.2, -0.15) is 0 Å². The Morgan fingerprint density at radius 1 is 1.19 bits per heavy atom. The molecule has 0 saturated heterocycles. The van der Waals surface area contributed by atoms with Gasteiger partial charge in [-0.05, 0) is 91.8 Å². The summed E-state index contributed by atoms with van der Waals surface area (Å²) in [6.45, 7) is 10.2. The lowest BCUT2D eigenvalue weighted by atomic mass is 9.48. The molecule has 2 heteroatoms. The van der Waals surface area contributed by atoms with Gasteiger partial charge < -0.3 is 4.52 Å². The highest BCUT2D eigenvalue weighted by atomic mass is 31.0. The first-order valence-electron chi connectivity index (χ1n) is 11.5. The lowest BCUT2D eigenvalue weighted by molar-refractivity contribution is -0.00512. The van der Waals surface area contributed by atoms with E-state index in [0.717, 1.165) is 29.6 Å². The molecule has 0 aromatic heterocycles. The number of allylic oxidation sites excluding steroid dienone is 2. The van der Waals surface area contributed by atoms with E-state index in [4.69, 9.17) is 4.52 Å². The highest BCUT2D eigenvalue weighted by Gasteiger charge is 2.57. The Hall–Kier alpha value is 0.130. The third kappa shape index (κ3) is 2.86. The van der Waals surface area contributed by atoms with Crippen LogP contribution in [0.3, 0.4) is 0 Å². The van der Waals surface area contributed by atoms with Gasteiger partial charge in [0.1, 0.15) is 0 Å². The summed E-state index contributed by atoms with van der Waals surface area (Å²) < 4.78 is 5.67. The van der Waals surface area contributed by atoms with Gasteiger partial charge >= 0.3 is 0 Å². The molecule has 0 radical (unpaired) electrons. The van der Waals surface area contributed by atoms with Crippen molar-refractivity contribution >= 4 is 9.47 Å². The molecule has 2 unspecified atom stereocenters. The molecule has 0 heterocycles. The Kier molecular flexibility index (Phi) is 5.37. The molecule has 1 nitrogen and oxygen atoms in total. The zero-order valence-corrected chi connectivity index (χ0v) is 18.8. The summed E-state index contributed by atoms with van der Waals surface area (Å²) in [5, 5.41) is 0. The summed E-state index contributed by atoms with van der Waals surface area (Å²) in [6.07, 6.45) is 17.1. The Balaban J connectivity index is 1.60. The molecule has 4 aliphatic carbocycles. The Bertz CT molecular complexity index is 556. The zero-order chi connectivity index (χ0) is 18.5. The van der Waals surface area contributed by atoms with E-state index in [1.54, 1.807) is 0 Å². The predicted octanol–water partition coefficient (Wildman–Crippen LogP) is 7.18. The fourth-order valence-corrected chi connectivity index (χ4v) is 8.49. The molecule has 0 N–H and O–H groups in total. The van der Waals surface area contributed by atoms with Gasteiger partial charge in [-0.1, -0.05) is 52.2 Å². The molecule has 0 spiro atoms. The fourth-order valence-electron chi connectivity index (χ4n) is 8.24. The van der Waals surface area contributed by atoms with Crippen molar-refractivity contribution in [3.05, 3.63) is 11.6 Å². The summed E-state index contributed by atoms with van der Waals surface area (Å²) in [7, 11) is 2.52. The SMILES string of the molecule is CCC[C@@H](C)C1CC[C@H]2[C@@H]3CC[C@@H]4C[C@H](OP)CC[C@]4(C)C3=CC[C@]12C. The highest BCUT2D eigenvalue weighted by Crippen LogP contribution is 2.66. The molecular weight excluding hydrogens is 335 g/mol. The standard InChI is InChI=1S/C24H41OP/c1-5-6-16(2)20-9-10-21-19-8-7-17-15-18(25-26)11-13-23(17,3)22(19)12-14-24(20,21)4/h12,16-21H,5-11,13-15,26H2,1-4H3/t16-,17-,18-,19+,20?,21+,23+,24-/m1/s1. The van der Waals surface area contributed by atoms with E-state index in [0.29, 0.717) is 16.9 Å². The van der Waals surface area contributed by atoms with Gasteiger partial charge in [0.25, 0.3) is 0 Å². The van der Waals surface area contributed by atoms with Crippen LogP contribution in [0.15, 0.2) is 11.6 Å². The largest absolute Gasteiger partial charge is 0.362 e. The van der Waals surface area contributed by atoms with Gasteiger partial charge in [-0.25, -0.2) is 0 Å². The average molecular weight is 377 g/mol. The first-order valence-corrected chi connectivity index (χ1v) is 12.0. The molecule has 148 valence electrons. The van der Waals surface area contributed by atoms with E-state index < -0.39 is 0 Å². The van der Waals surface area contributed by atoms with Crippen molar-refractivity contribution in [3.63, 3.8) is 0 Å². The van der Waals surface area contributed by atoms with Crippen molar-refractivity contribution in [2.75, 3.05) is 0 Å². The quantitative estimate of drug-likeness (QED) is 0.373. The van der Waals surface area contributed by atoms with Crippen molar-refractivity contribution in [1.82, 2.24) is 0 Å². The predicted molar refractivity (Wildman–Crippen MR) is 114 cm³/mol. The molecular formula is C24H41OP. The maximum Gasteiger partial charge on any atom is 0.0614 e. The fraction of sp³-hybridized carbons (Fsp3) is 0.917. The Morgan fingerprint density at radius 3 is 2.73 bits per heavy atom. The van der Waals surface area contributed by atoms with E-state index in [2.05, 4.69) is 43.2 Å². The minimum Gasteiger partial charge on any atom is -0.362 e. The van der Waals surface area contributed by atoms with E-state index in [9.17, 15) is 0 Å². The van der Waals surface area contributed by atoms with Gasteiger partial charge in [0.2, 0.25) is 0 Å². The molecule has 0 aromatic rings. The van der Waals surface area contributed by atoms with Crippen LogP contribution in [0.25, 0.3) is 0 Å². The molecule has 0 aromatic carbocycles. The second-order valence-electron chi connectivity index (χ2n) is 10.8. The van der Waals surface area contributed by atoms with Gasteiger partial charge in [-0.3, -0.25) is 0 Å². The van der Waals surface area contributed by atoms with Crippen molar-refractivity contribution in [1.29, 1.82) is 0 Å². The van der Waals surface area contributed by atoms with E-state index in [1.807, 2.05) is 5.57 Å². The summed E-state index contributed by atoms with van der Waals surface area (Å²) in [5.74, 6) is 4.57. The minimum atomic E-state index is 0.469. The third-order valence-electron chi connectivity index (χ3n) is 9.67. The van der Waals surface area contributed by atoms with Crippen LogP contribution in [0, 0.1) is 40.4 Å². The molecule has 4 rings (SSSR count). The summed E-state index contributed by atoms with van der Waals surface area (Å²) in [6, 6.07) is 0. The third-order valence-corrected chi connectivity index (χ3v) is 10.1. The number of fused-ring (bicyclic) bond motifs is 5. The lowest BCUT2D eigenvalue weighted by Crippen LogP contribution is -2.48. The summed E-state index contributed by atoms with van der Waals surface area (Å²) >= 11 is 0. The molecule has 4 aliphatic rings. The van der Waals surface area contributed by atoms with Crippen LogP contribution >= 0.6 is 9.47 Å². The van der Waals surface area contributed by atoms with Crippen molar-refractivity contribution in [3.8, 4) is 0 Å². The maximum atomic E-state index is 5.67. The maximum absolute atomic E-state index is 5.67. The molecule has 0 aliphatic heterocycles. The average Bonchev–Trinajstić information content (AvgIpc) is 2.98. The van der Waals surface area contributed by atoms with Crippen LogP contribution < -0.4 is 0 Å². The Labute approximate surface area is 164 Å². The van der Waals surface area contributed by atoms with Gasteiger partial charge in [0.05, 0.1) is 6.10 Å². The highest BCUT2D eigenvalue weighted by molar-refractivity contribution is 7.09. The van der Waals surface area contributed by atoms with E-state index in [1.165, 1.54) is 64.2 Å². The molecule has 0 amide bonds. The lowest BCUT2D eigenvalue weighted by Gasteiger charge is -2.57. The van der Waals surface area contributed by atoms with Crippen LogP contribution in [0.2, 0.25) is 0 Å². The number of hydrogen-bond acceptors (Lipinski definition) is 1. The van der Waals surface area contributed by atoms with E-state index >= 15 is 0 Å². The monoisotopic (exact) mass is 376 g/mol. The first-order chi connectivity index (χ1) is 12.4. The Morgan fingerprint density at radius 2 is 2.00 bits per heavy atom. The molecule has 3 saturated carbocycles. The van der Waals surface area contributed by atoms with Gasteiger partial charge in [0, 0.05) is 9.47 Å². The summed E-state index contributed by atoms with van der Waals surface area (Å²) in [5.41, 5.74) is 2.94. The van der Waals surface area contributed by atoms with Gasteiger partial charge in [0.15, 0.2) is 0 Å². The van der Waals surface area contributed by atoms with Crippen LogP contribution in [0.5, 0.6) is 0 Å². The first kappa shape index (κ1) is 19.4. The minimum absolute atomic E-state index is 0.469. The molecule has 0 bridgehead atoms. The van der Waals surface area contributed by atoms with Crippen molar-refractivity contribution in [2.24, 2.45) is 40.4 Å². The number of hydrogen-bond donors (Lipinski definition) is 0. The smallest absolute Gasteiger partial charge is 0.0614 e. The van der Waals surface area contributed by atoms with Crippen LogP contribution in [0.1, 0.15) is 91.9 Å². The molecule has 9 atom stereocenters. The second-order valence-corrected chi connectivity index (χ2v) is 11.0. The van der Waals surface area contributed by atoms with Crippen LogP contribution in [-0.2, 0) is 4.52 Å². The number of rotatable bonds is 4. The van der Waals surface area contributed by atoms with Gasteiger partial charge in [-0.15, -0.1) is 0 Å². The molecule has 26 heavy (non-hydrogen) atoms. The van der Waals surface area contributed by atoms with Crippen LogP contribution in [-0.4, -0.2) is 6.10 Å².